The summed E-state index contributed by atoms with van der Waals surface area (Å²) in [6.07, 6.45) is -0.561. The Morgan fingerprint density at radius 2 is 1.49 bits per heavy atom. The molecule has 2 rings (SSSR count). The van der Waals surface area contributed by atoms with E-state index in [1.165, 1.54) is 23.9 Å². The number of carbonyl (C=O) groups excluding carboxylic acids is 2. The van der Waals surface area contributed by atoms with Crippen molar-refractivity contribution in [2.24, 2.45) is 5.14 Å². The number of halogens is 5. The largest absolute Gasteiger partial charge is 0.453 e. The fraction of sp³-hybridized carbons (Fsp3) is 0.692. The van der Waals surface area contributed by atoms with E-state index in [0.717, 1.165) is 49.2 Å². The number of nitrogens with two attached hydrogens (primary N) is 1. The van der Waals surface area contributed by atoms with Gasteiger partial charge < -0.3 is 4.90 Å². The van der Waals surface area contributed by atoms with E-state index in [2.05, 4.69) is 4.72 Å². The van der Waals surface area contributed by atoms with Crippen molar-refractivity contribution >= 4 is 45.3 Å². The number of imide groups is 1. The second kappa shape index (κ2) is 14.4. The minimum atomic E-state index is -5.49. The number of benzene rings is 1. The van der Waals surface area contributed by atoms with Gasteiger partial charge in [-0.15, -0.1) is 0 Å². The van der Waals surface area contributed by atoms with E-state index in [-0.39, 0.29) is 23.8 Å². The number of carbonyl (C=O) groups is 2. The van der Waals surface area contributed by atoms with Crippen molar-refractivity contribution in [3.8, 4) is 0 Å². The predicted octanol–water partition coefficient (Wildman–Crippen LogP) is 6.60. The number of amides is 3. The highest BCUT2D eigenvalue weighted by atomic mass is 32.2. The smallest absolute Gasteiger partial charge is 0.310 e. The molecule has 1 heterocycles. The number of aryl methyl sites for hydroxylation is 1. The molecule has 0 saturated carbocycles. The molecular formula is C26H39F5N4O4S2. The van der Waals surface area contributed by atoms with E-state index in [4.69, 9.17) is 5.14 Å². The molecule has 0 bridgehead atoms. The number of anilines is 2. The van der Waals surface area contributed by atoms with Crippen molar-refractivity contribution in [1.29, 1.82) is 0 Å². The van der Waals surface area contributed by atoms with Crippen LogP contribution in [0.1, 0.15) is 77.2 Å². The fourth-order valence-electron chi connectivity index (χ4n) is 4.49. The van der Waals surface area contributed by atoms with Gasteiger partial charge in [0.1, 0.15) is 5.54 Å². The van der Waals surface area contributed by atoms with Crippen LogP contribution in [0.2, 0.25) is 0 Å². The summed E-state index contributed by atoms with van der Waals surface area (Å²) in [5.74, 6) is -4.00. The first kappa shape index (κ1) is 35.1. The maximum atomic E-state index is 13.2. The molecule has 234 valence electrons. The summed E-state index contributed by atoms with van der Waals surface area (Å²) in [6.45, 7) is 5.42. The third-order valence-corrected chi connectivity index (χ3v) is 8.57. The van der Waals surface area contributed by atoms with E-state index in [0.29, 0.717) is 24.2 Å². The number of hydrogen-bond donors (Lipinski definition) is 2. The third kappa shape index (κ3) is 9.98. The summed E-state index contributed by atoms with van der Waals surface area (Å²) < 4.78 is 87.0. The quantitative estimate of drug-likeness (QED) is 0.114. The molecule has 0 unspecified atom stereocenters. The Bertz CT molecular complexity index is 1160. The summed E-state index contributed by atoms with van der Waals surface area (Å²) in [4.78, 5) is 29.0. The molecule has 0 spiro atoms. The van der Waals surface area contributed by atoms with Crippen LogP contribution in [0, 0.1) is 6.92 Å². The lowest BCUT2D eigenvalue weighted by molar-refractivity contribution is -0.284. The minimum Gasteiger partial charge on any atom is -0.310 e. The first-order valence-corrected chi connectivity index (χ1v) is 16.2. The van der Waals surface area contributed by atoms with Gasteiger partial charge in [-0.2, -0.15) is 42.1 Å². The van der Waals surface area contributed by atoms with E-state index in [9.17, 15) is 40.0 Å². The zero-order valence-corrected chi connectivity index (χ0v) is 25.2. The van der Waals surface area contributed by atoms with Crippen LogP contribution in [-0.2, 0) is 15.0 Å². The summed E-state index contributed by atoms with van der Waals surface area (Å²) >= 11 is 1.39. The zero-order chi connectivity index (χ0) is 31.1. The standard InChI is InChI=1S/C26H39F5N4O4S2/c1-19-18-20(12-13-21(19)33-41(32,38)39)35-22(36)24(2,3)34(23(35)37)15-9-7-5-4-6-8-10-16-40-17-11-14-25(27,28)26(29,30)31/h12-13,18,33H,4-11,14-17H2,1-3H3,(H2,32,38,39). The second-order valence-corrected chi connectivity index (χ2v) is 13.2. The number of alkyl halides is 5. The molecule has 1 aliphatic rings. The van der Waals surface area contributed by atoms with Crippen LogP contribution >= 0.6 is 11.8 Å². The first-order valence-electron chi connectivity index (χ1n) is 13.5. The summed E-state index contributed by atoms with van der Waals surface area (Å²) in [7, 11) is -3.97. The number of nitrogens with one attached hydrogen (secondary N) is 1. The van der Waals surface area contributed by atoms with Crippen LogP contribution in [-0.4, -0.2) is 60.9 Å². The number of hydrogen-bond acceptors (Lipinski definition) is 5. The molecule has 0 radical (unpaired) electrons. The molecule has 0 aromatic heterocycles. The molecule has 3 N–H and O–H groups in total. The molecule has 1 aromatic carbocycles. The van der Waals surface area contributed by atoms with E-state index in [1.807, 2.05) is 0 Å². The summed E-state index contributed by atoms with van der Waals surface area (Å²) in [6, 6.07) is 4.05. The van der Waals surface area contributed by atoms with Crippen molar-refractivity contribution in [3.05, 3.63) is 23.8 Å². The predicted molar refractivity (Wildman–Crippen MR) is 151 cm³/mol. The summed E-state index contributed by atoms with van der Waals surface area (Å²) in [5.41, 5.74) is 0.0449. The maximum absolute atomic E-state index is 13.2. The zero-order valence-electron chi connectivity index (χ0n) is 23.5. The first-order chi connectivity index (χ1) is 18.9. The van der Waals surface area contributed by atoms with Crippen LogP contribution in [0.3, 0.4) is 0 Å². The van der Waals surface area contributed by atoms with Crippen LogP contribution in [0.25, 0.3) is 0 Å². The lowest BCUT2D eigenvalue weighted by Gasteiger charge is -2.27. The molecule has 1 aromatic rings. The van der Waals surface area contributed by atoms with Gasteiger partial charge in [-0.1, -0.05) is 32.1 Å². The Balaban J connectivity index is 1.68. The lowest BCUT2D eigenvalue weighted by Crippen LogP contribution is -2.44. The minimum absolute atomic E-state index is 0.179. The Labute approximate surface area is 242 Å². The molecule has 15 heteroatoms. The number of thioether (sulfide) groups is 1. The van der Waals surface area contributed by atoms with E-state index in [1.54, 1.807) is 31.7 Å². The molecule has 1 saturated heterocycles. The van der Waals surface area contributed by atoms with Crippen LogP contribution in [0.15, 0.2) is 18.2 Å². The monoisotopic (exact) mass is 630 g/mol. The van der Waals surface area contributed by atoms with Crippen molar-refractivity contribution in [2.45, 2.75) is 96.2 Å². The molecule has 8 nitrogen and oxygen atoms in total. The highest BCUT2D eigenvalue weighted by Crippen LogP contribution is 2.39. The second-order valence-electron chi connectivity index (χ2n) is 10.7. The number of nitrogens with zero attached hydrogens (tertiary/aromatic N) is 2. The average Bonchev–Trinajstić information content (AvgIpc) is 3.00. The van der Waals surface area contributed by atoms with Gasteiger partial charge in [0.05, 0.1) is 11.4 Å². The Hall–Kier alpha value is -2.13. The number of urea groups is 1. The molecule has 3 amide bonds. The summed E-state index contributed by atoms with van der Waals surface area (Å²) in [5, 5.41) is 5.02. The van der Waals surface area contributed by atoms with Gasteiger partial charge in [-0.3, -0.25) is 9.52 Å². The highest BCUT2D eigenvalue weighted by molar-refractivity contribution is 7.99. The third-order valence-electron chi connectivity index (χ3n) is 6.91. The fourth-order valence-corrected chi connectivity index (χ4v) is 5.99. The van der Waals surface area contributed by atoms with Gasteiger partial charge in [-0.25, -0.2) is 14.8 Å². The molecule has 0 aliphatic carbocycles. The van der Waals surface area contributed by atoms with Crippen molar-refractivity contribution in [3.63, 3.8) is 0 Å². The highest BCUT2D eigenvalue weighted by Gasteiger charge is 2.56. The Morgan fingerprint density at radius 3 is 2.05 bits per heavy atom. The number of rotatable bonds is 17. The van der Waals surface area contributed by atoms with Gasteiger partial charge in [0.2, 0.25) is 0 Å². The van der Waals surface area contributed by atoms with Crippen molar-refractivity contribution < 1.29 is 40.0 Å². The van der Waals surface area contributed by atoms with Gasteiger partial charge in [-0.05, 0) is 75.3 Å². The van der Waals surface area contributed by atoms with E-state index >= 15 is 0 Å². The van der Waals surface area contributed by atoms with Crippen LogP contribution in [0.5, 0.6) is 0 Å². The van der Waals surface area contributed by atoms with E-state index < -0.39 is 40.3 Å². The topological polar surface area (TPSA) is 113 Å². The molecule has 41 heavy (non-hydrogen) atoms. The maximum Gasteiger partial charge on any atom is 0.453 e. The Morgan fingerprint density at radius 1 is 0.927 bits per heavy atom. The molecule has 1 aliphatic heterocycles. The van der Waals surface area contributed by atoms with Crippen molar-refractivity contribution in [2.75, 3.05) is 27.7 Å². The Kier molecular flexibility index (Phi) is 12.3. The van der Waals surface area contributed by atoms with Gasteiger partial charge in [0.15, 0.2) is 0 Å². The SMILES string of the molecule is Cc1cc(N2C(=O)N(CCCCCCCCCSCCCC(F)(F)C(F)(F)F)C(C)(C)C2=O)ccc1NS(N)(=O)=O. The van der Waals surface area contributed by atoms with Gasteiger partial charge >= 0.3 is 18.1 Å². The number of unbranched alkanes of at least 4 members (excludes halogenated alkanes) is 6. The lowest BCUT2D eigenvalue weighted by atomic mass is 10.0. The molecule has 1 fully saturated rings. The molecular weight excluding hydrogens is 591 g/mol. The van der Waals surface area contributed by atoms with Crippen LogP contribution < -0.4 is 14.8 Å². The van der Waals surface area contributed by atoms with Gasteiger partial charge in [0, 0.05) is 13.0 Å². The van der Waals surface area contributed by atoms with Gasteiger partial charge in [0.25, 0.3) is 16.1 Å². The van der Waals surface area contributed by atoms with Crippen molar-refractivity contribution in [1.82, 2.24) is 4.90 Å². The van der Waals surface area contributed by atoms with Crippen LogP contribution in [0.4, 0.5) is 38.1 Å². The normalized spacial score (nSPS) is 16.1. The average molecular weight is 631 g/mol. The molecule has 0 atom stereocenters.